The molecule has 0 unspecified atom stereocenters. The van der Waals surface area contributed by atoms with Crippen molar-refractivity contribution >= 4 is 5.91 Å². The molecule has 1 amide bonds. The number of likely N-dealkylation sites (tertiary alicyclic amines) is 1. The van der Waals surface area contributed by atoms with Crippen LogP contribution >= 0.6 is 0 Å². The molecule has 1 aromatic carbocycles. The molecule has 5 heteroatoms. The Labute approximate surface area is 154 Å². The normalized spacial score (nSPS) is 20.7. The lowest BCUT2D eigenvalue weighted by atomic mass is 9.98. The van der Waals surface area contributed by atoms with E-state index in [4.69, 9.17) is 4.98 Å². The first-order valence-corrected chi connectivity index (χ1v) is 9.56. The molecular formula is C21H26N4O. The summed E-state index contributed by atoms with van der Waals surface area (Å²) >= 11 is 0. The highest BCUT2D eigenvalue weighted by Gasteiger charge is 2.34. The Kier molecular flexibility index (Phi) is 4.72. The van der Waals surface area contributed by atoms with E-state index in [9.17, 15) is 4.79 Å². The van der Waals surface area contributed by atoms with Gasteiger partial charge < -0.3 is 10.2 Å². The summed E-state index contributed by atoms with van der Waals surface area (Å²) in [5, 5.41) is 3.35. The van der Waals surface area contributed by atoms with Gasteiger partial charge in [-0.2, -0.15) is 0 Å². The zero-order chi connectivity index (χ0) is 18.1. The van der Waals surface area contributed by atoms with Crippen LogP contribution in [0.1, 0.15) is 59.9 Å². The van der Waals surface area contributed by atoms with Crippen molar-refractivity contribution in [2.24, 2.45) is 0 Å². The number of rotatable bonds is 3. The number of aromatic nitrogens is 2. The van der Waals surface area contributed by atoms with Gasteiger partial charge >= 0.3 is 0 Å². The van der Waals surface area contributed by atoms with Crippen LogP contribution in [0.15, 0.2) is 30.5 Å². The molecule has 0 bridgehead atoms. The summed E-state index contributed by atoms with van der Waals surface area (Å²) < 4.78 is 0. The van der Waals surface area contributed by atoms with Crippen LogP contribution in [0.5, 0.6) is 0 Å². The van der Waals surface area contributed by atoms with Gasteiger partial charge in [0.05, 0.1) is 12.0 Å². The summed E-state index contributed by atoms with van der Waals surface area (Å²) in [5.41, 5.74) is 4.61. The van der Waals surface area contributed by atoms with Crippen molar-refractivity contribution < 1.29 is 4.79 Å². The van der Waals surface area contributed by atoms with E-state index in [1.807, 2.05) is 18.0 Å². The topological polar surface area (TPSA) is 58.1 Å². The van der Waals surface area contributed by atoms with Gasteiger partial charge in [-0.1, -0.05) is 29.8 Å². The third-order valence-corrected chi connectivity index (χ3v) is 5.61. The maximum atomic E-state index is 13.2. The Hall–Kier alpha value is -2.27. The molecule has 5 nitrogen and oxygen atoms in total. The van der Waals surface area contributed by atoms with Crippen LogP contribution in [-0.2, 0) is 17.8 Å². The summed E-state index contributed by atoms with van der Waals surface area (Å²) in [5.74, 6) is 0.852. The van der Waals surface area contributed by atoms with Crippen LogP contribution in [-0.4, -0.2) is 33.9 Å². The predicted octanol–water partition coefficient (Wildman–Crippen LogP) is 2.90. The number of hydrogen-bond donors (Lipinski definition) is 1. The molecule has 1 N–H and O–H groups in total. The lowest BCUT2D eigenvalue weighted by Crippen LogP contribution is -2.35. The highest BCUT2D eigenvalue weighted by atomic mass is 16.2. The number of nitrogens with zero attached hydrogens (tertiary/aromatic N) is 3. The fraction of sp³-hybridized carbons (Fsp3) is 0.476. The SMILES string of the molecule is Cc1ccc([C@H](C)C(=O)N2CCC[C@@H]2c2ncc3c(n2)CCNC3)cc1. The van der Waals surface area contributed by atoms with Crippen LogP contribution < -0.4 is 5.32 Å². The Bertz CT molecular complexity index is 802. The van der Waals surface area contributed by atoms with Gasteiger partial charge in [-0.05, 0) is 32.3 Å². The molecule has 1 fully saturated rings. The first-order chi connectivity index (χ1) is 12.6. The minimum absolute atomic E-state index is 0.00980. The van der Waals surface area contributed by atoms with Crippen LogP contribution in [0.25, 0.3) is 0 Å². The molecule has 2 aliphatic heterocycles. The fourth-order valence-corrected chi connectivity index (χ4v) is 3.96. The lowest BCUT2D eigenvalue weighted by Gasteiger charge is -2.27. The maximum absolute atomic E-state index is 13.2. The minimum atomic E-state index is -0.141. The number of aryl methyl sites for hydroxylation is 1. The second-order valence-corrected chi connectivity index (χ2v) is 7.45. The average molecular weight is 350 g/mol. The van der Waals surface area contributed by atoms with E-state index in [1.165, 1.54) is 11.1 Å². The average Bonchev–Trinajstić information content (AvgIpc) is 3.17. The van der Waals surface area contributed by atoms with Gasteiger partial charge in [-0.3, -0.25) is 4.79 Å². The van der Waals surface area contributed by atoms with Crippen molar-refractivity contribution in [2.75, 3.05) is 13.1 Å². The van der Waals surface area contributed by atoms with Crippen molar-refractivity contribution in [3.63, 3.8) is 0 Å². The van der Waals surface area contributed by atoms with E-state index in [1.54, 1.807) is 0 Å². The lowest BCUT2D eigenvalue weighted by molar-refractivity contribution is -0.133. The van der Waals surface area contributed by atoms with Gasteiger partial charge in [0.25, 0.3) is 0 Å². The molecule has 0 radical (unpaired) electrons. The molecule has 0 saturated carbocycles. The Morgan fingerprint density at radius 1 is 1.31 bits per heavy atom. The number of nitrogens with one attached hydrogen (secondary N) is 1. The summed E-state index contributed by atoms with van der Waals surface area (Å²) in [6.45, 7) is 6.66. The van der Waals surface area contributed by atoms with E-state index in [-0.39, 0.29) is 17.9 Å². The highest BCUT2D eigenvalue weighted by molar-refractivity contribution is 5.84. The number of carbonyl (C=O) groups excluding carboxylic acids is 1. The molecule has 136 valence electrons. The van der Waals surface area contributed by atoms with E-state index in [0.717, 1.165) is 56.0 Å². The van der Waals surface area contributed by atoms with E-state index >= 15 is 0 Å². The standard InChI is InChI=1S/C21H26N4O/c1-14-5-7-16(8-6-14)15(2)21(26)25-11-3-4-19(25)20-23-13-17-12-22-10-9-18(17)24-20/h5-8,13,15,19,22H,3-4,9-12H2,1-2H3/t15-,19+/m0/s1. The highest BCUT2D eigenvalue weighted by Crippen LogP contribution is 2.33. The number of fused-ring (bicyclic) bond motifs is 1. The van der Waals surface area contributed by atoms with Gasteiger partial charge in [0, 0.05) is 43.5 Å². The molecule has 2 aromatic rings. The smallest absolute Gasteiger partial charge is 0.230 e. The monoisotopic (exact) mass is 350 g/mol. The number of carbonyl (C=O) groups is 1. The first-order valence-electron chi connectivity index (χ1n) is 9.56. The van der Waals surface area contributed by atoms with E-state index in [2.05, 4.69) is 41.5 Å². The van der Waals surface area contributed by atoms with Gasteiger partial charge in [-0.25, -0.2) is 9.97 Å². The van der Waals surface area contributed by atoms with E-state index in [0.29, 0.717) is 0 Å². The number of benzene rings is 1. The fourth-order valence-electron chi connectivity index (χ4n) is 3.96. The molecular weight excluding hydrogens is 324 g/mol. The second-order valence-electron chi connectivity index (χ2n) is 7.45. The van der Waals surface area contributed by atoms with Gasteiger partial charge in [0.1, 0.15) is 0 Å². The van der Waals surface area contributed by atoms with Crippen LogP contribution in [0.2, 0.25) is 0 Å². The third-order valence-electron chi connectivity index (χ3n) is 5.61. The van der Waals surface area contributed by atoms with Crippen molar-refractivity contribution in [3.8, 4) is 0 Å². The molecule has 26 heavy (non-hydrogen) atoms. The first kappa shape index (κ1) is 17.2. The summed E-state index contributed by atoms with van der Waals surface area (Å²) in [4.78, 5) is 24.6. The molecule has 4 rings (SSSR count). The van der Waals surface area contributed by atoms with Crippen molar-refractivity contribution in [1.29, 1.82) is 0 Å². The summed E-state index contributed by atoms with van der Waals surface area (Å²) in [6.07, 6.45) is 4.84. The quantitative estimate of drug-likeness (QED) is 0.925. The number of hydrogen-bond acceptors (Lipinski definition) is 4. The molecule has 0 aliphatic carbocycles. The minimum Gasteiger partial charge on any atom is -0.332 e. The van der Waals surface area contributed by atoms with Crippen LogP contribution in [0, 0.1) is 6.92 Å². The Morgan fingerprint density at radius 2 is 2.12 bits per heavy atom. The van der Waals surface area contributed by atoms with Gasteiger partial charge in [0.15, 0.2) is 5.82 Å². The van der Waals surface area contributed by atoms with Crippen LogP contribution in [0.4, 0.5) is 0 Å². The molecule has 1 saturated heterocycles. The Balaban J connectivity index is 1.56. The summed E-state index contributed by atoms with van der Waals surface area (Å²) in [7, 11) is 0. The van der Waals surface area contributed by atoms with Crippen molar-refractivity contribution in [3.05, 3.63) is 58.7 Å². The van der Waals surface area contributed by atoms with Crippen molar-refractivity contribution in [1.82, 2.24) is 20.2 Å². The number of amides is 1. The van der Waals surface area contributed by atoms with Gasteiger partial charge in [0.2, 0.25) is 5.91 Å². The zero-order valence-corrected chi connectivity index (χ0v) is 15.5. The van der Waals surface area contributed by atoms with Gasteiger partial charge in [-0.15, -0.1) is 0 Å². The summed E-state index contributed by atoms with van der Waals surface area (Å²) in [6, 6.07) is 8.27. The molecule has 0 spiro atoms. The second kappa shape index (κ2) is 7.16. The third kappa shape index (κ3) is 3.23. The Morgan fingerprint density at radius 3 is 2.92 bits per heavy atom. The molecule has 2 aliphatic rings. The molecule has 2 atom stereocenters. The maximum Gasteiger partial charge on any atom is 0.230 e. The van der Waals surface area contributed by atoms with Crippen molar-refractivity contribution in [2.45, 2.75) is 51.6 Å². The largest absolute Gasteiger partial charge is 0.332 e. The molecule has 1 aromatic heterocycles. The van der Waals surface area contributed by atoms with E-state index < -0.39 is 0 Å². The zero-order valence-electron chi connectivity index (χ0n) is 15.5. The molecule has 3 heterocycles. The predicted molar refractivity (Wildman–Crippen MR) is 101 cm³/mol. The van der Waals surface area contributed by atoms with Crippen LogP contribution in [0.3, 0.4) is 0 Å².